The molecule has 4 nitrogen and oxygen atoms in total. The topological polar surface area (TPSA) is 68.3 Å². The van der Waals surface area contributed by atoms with Gasteiger partial charge in [-0.15, -0.1) is 0 Å². The first-order valence-corrected chi connectivity index (χ1v) is 6.04. The fourth-order valence-corrected chi connectivity index (χ4v) is 1.27. The van der Waals surface area contributed by atoms with Crippen molar-refractivity contribution in [2.24, 2.45) is 5.73 Å². The molecule has 0 aromatic carbocycles. The molecule has 0 rings (SSSR count). The SMILES string of the molecule is CCCOCCOCCCC(N)(C#N)CC. The maximum Gasteiger partial charge on any atom is 0.104 e. The molecule has 0 saturated heterocycles. The summed E-state index contributed by atoms with van der Waals surface area (Å²) in [5.41, 5.74) is 5.16. The number of nitriles is 1. The Kier molecular flexibility index (Phi) is 9.21. The lowest BCUT2D eigenvalue weighted by molar-refractivity contribution is 0.0457. The Morgan fingerprint density at radius 2 is 1.75 bits per heavy atom. The van der Waals surface area contributed by atoms with Gasteiger partial charge >= 0.3 is 0 Å². The summed E-state index contributed by atoms with van der Waals surface area (Å²) in [6.45, 7) is 6.72. The predicted molar refractivity (Wildman–Crippen MR) is 64.0 cm³/mol. The van der Waals surface area contributed by atoms with Crippen LogP contribution in [-0.4, -0.2) is 32.0 Å². The summed E-state index contributed by atoms with van der Waals surface area (Å²) in [6.07, 6.45) is 3.24. The summed E-state index contributed by atoms with van der Waals surface area (Å²) in [5, 5.41) is 8.85. The van der Waals surface area contributed by atoms with Crippen LogP contribution in [0, 0.1) is 11.3 Å². The first-order chi connectivity index (χ1) is 7.68. The molecule has 1 unspecified atom stereocenters. The molecule has 94 valence electrons. The summed E-state index contributed by atoms with van der Waals surface area (Å²) >= 11 is 0. The van der Waals surface area contributed by atoms with Crippen LogP contribution in [0.1, 0.15) is 39.5 Å². The van der Waals surface area contributed by atoms with Gasteiger partial charge in [0.2, 0.25) is 0 Å². The minimum atomic E-state index is -0.679. The van der Waals surface area contributed by atoms with Gasteiger partial charge in [-0.3, -0.25) is 0 Å². The van der Waals surface area contributed by atoms with E-state index in [1.807, 2.05) is 6.92 Å². The van der Waals surface area contributed by atoms with Crippen molar-refractivity contribution in [1.29, 1.82) is 5.26 Å². The largest absolute Gasteiger partial charge is 0.379 e. The van der Waals surface area contributed by atoms with Gasteiger partial charge in [-0.05, 0) is 25.7 Å². The summed E-state index contributed by atoms with van der Waals surface area (Å²) in [5.74, 6) is 0. The zero-order valence-corrected chi connectivity index (χ0v) is 10.5. The van der Waals surface area contributed by atoms with Crippen LogP contribution in [0.4, 0.5) is 0 Å². The molecule has 0 radical (unpaired) electrons. The van der Waals surface area contributed by atoms with Crippen LogP contribution in [0.5, 0.6) is 0 Å². The third-order valence-corrected chi connectivity index (χ3v) is 2.49. The zero-order valence-electron chi connectivity index (χ0n) is 10.5. The Labute approximate surface area is 98.7 Å². The van der Waals surface area contributed by atoms with E-state index in [1.165, 1.54) is 0 Å². The predicted octanol–water partition coefficient (Wildman–Crippen LogP) is 1.84. The number of hydrogen-bond acceptors (Lipinski definition) is 4. The van der Waals surface area contributed by atoms with Crippen molar-refractivity contribution in [1.82, 2.24) is 0 Å². The fourth-order valence-electron chi connectivity index (χ4n) is 1.27. The number of nitrogens with zero attached hydrogens (tertiary/aromatic N) is 1. The van der Waals surface area contributed by atoms with Gasteiger partial charge in [0.15, 0.2) is 0 Å². The van der Waals surface area contributed by atoms with E-state index in [4.69, 9.17) is 20.5 Å². The molecule has 0 bridgehead atoms. The van der Waals surface area contributed by atoms with E-state index in [9.17, 15) is 0 Å². The van der Waals surface area contributed by atoms with E-state index in [2.05, 4.69) is 13.0 Å². The average molecular weight is 228 g/mol. The first-order valence-electron chi connectivity index (χ1n) is 6.04. The molecule has 0 saturated carbocycles. The Balaban J connectivity index is 3.30. The number of nitrogens with two attached hydrogens (primary N) is 1. The zero-order chi connectivity index (χ0) is 12.3. The molecule has 2 N–H and O–H groups in total. The fraction of sp³-hybridized carbons (Fsp3) is 0.917. The van der Waals surface area contributed by atoms with Gasteiger partial charge < -0.3 is 15.2 Å². The smallest absolute Gasteiger partial charge is 0.104 e. The molecule has 0 aliphatic rings. The summed E-state index contributed by atoms with van der Waals surface area (Å²) in [6, 6.07) is 2.14. The molecule has 0 heterocycles. The highest BCUT2D eigenvalue weighted by molar-refractivity contribution is 5.03. The van der Waals surface area contributed by atoms with Crippen molar-refractivity contribution in [3.8, 4) is 6.07 Å². The van der Waals surface area contributed by atoms with Gasteiger partial charge in [0.25, 0.3) is 0 Å². The molecular weight excluding hydrogens is 204 g/mol. The van der Waals surface area contributed by atoms with Gasteiger partial charge in [-0.1, -0.05) is 13.8 Å². The second-order valence-electron chi connectivity index (χ2n) is 3.95. The third kappa shape index (κ3) is 7.63. The van der Waals surface area contributed by atoms with E-state index >= 15 is 0 Å². The molecule has 16 heavy (non-hydrogen) atoms. The number of ether oxygens (including phenoxy) is 2. The van der Waals surface area contributed by atoms with E-state index < -0.39 is 5.54 Å². The average Bonchev–Trinajstić information content (AvgIpc) is 2.32. The molecule has 0 fully saturated rings. The van der Waals surface area contributed by atoms with Gasteiger partial charge in [-0.2, -0.15) is 5.26 Å². The van der Waals surface area contributed by atoms with Crippen LogP contribution in [-0.2, 0) is 9.47 Å². The second-order valence-corrected chi connectivity index (χ2v) is 3.95. The van der Waals surface area contributed by atoms with Crippen LogP contribution in [0.2, 0.25) is 0 Å². The van der Waals surface area contributed by atoms with Crippen LogP contribution < -0.4 is 5.73 Å². The Morgan fingerprint density at radius 3 is 2.25 bits per heavy atom. The molecule has 0 amide bonds. The van der Waals surface area contributed by atoms with E-state index in [1.54, 1.807) is 0 Å². The molecule has 0 aromatic heterocycles. The van der Waals surface area contributed by atoms with E-state index in [-0.39, 0.29) is 0 Å². The molecule has 0 aliphatic carbocycles. The van der Waals surface area contributed by atoms with Gasteiger partial charge in [0.1, 0.15) is 5.54 Å². The highest BCUT2D eigenvalue weighted by Crippen LogP contribution is 2.12. The van der Waals surface area contributed by atoms with Gasteiger partial charge in [0.05, 0.1) is 19.3 Å². The van der Waals surface area contributed by atoms with Crippen molar-refractivity contribution in [2.75, 3.05) is 26.4 Å². The van der Waals surface area contributed by atoms with Crippen LogP contribution in [0.25, 0.3) is 0 Å². The summed E-state index contributed by atoms with van der Waals surface area (Å²) < 4.78 is 10.6. The lowest BCUT2D eigenvalue weighted by Gasteiger charge is -2.18. The lowest BCUT2D eigenvalue weighted by atomic mass is 9.94. The molecular formula is C12H24N2O2. The minimum absolute atomic E-state index is 0.621. The Bertz CT molecular complexity index is 204. The van der Waals surface area contributed by atoms with Gasteiger partial charge in [0, 0.05) is 13.2 Å². The molecule has 0 aromatic rings. The standard InChI is InChI=1S/C12H24N2O2/c1-3-7-15-9-10-16-8-5-6-12(14,4-2)11-13/h3-10,14H2,1-2H3. The second kappa shape index (κ2) is 9.59. The van der Waals surface area contributed by atoms with Crippen LogP contribution >= 0.6 is 0 Å². The van der Waals surface area contributed by atoms with Crippen molar-refractivity contribution in [3.63, 3.8) is 0 Å². The minimum Gasteiger partial charge on any atom is -0.379 e. The van der Waals surface area contributed by atoms with Crippen LogP contribution in [0.15, 0.2) is 0 Å². The highest BCUT2D eigenvalue weighted by Gasteiger charge is 2.20. The first kappa shape index (κ1) is 15.4. The molecule has 1 atom stereocenters. The van der Waals surface area contributed by atoms with Gasteiger partial charge in [-0.25, -0.2) is 0 Å². The third-order valence-electron chi connectivity index (χ3n) is 2.49. The normalized spacial score (nSPS) is 14.4. The summed E-state index contributed by atoms with van der Waals surface area (Å²) in [4.78, 5) is 0. The quantitative estimate of drug-likeness (QED) is 0.579. The van der Waals surface area contributed by atoms with E-state index in [0.717, 1.165) is 19.4 Å². The monoisotopic (exact) mass is 228 g/mol. The van der Waals surface area contributed by atoms with Crippen LogP contribution in [0.3, 0.4) is 0 Å². The number of rotatable bonds is 10. The van der Waals surface area contributed by atoms with Crippen molar-refractivity contribution in [2.45, 2.75) is 45.1 Å². The number of hydrogen-bond donors (Lipinski definition) is 1. The van der Waals surface area contributed by atoms with Crippen molar-refractivity contribution >= 4 is 0 Å². The van der Waals surface area contributed by atoms with Crippen molar-refractivity contribution < 1.29 is 9.47 Å². The lowest BCUT2D eigenvalue weighted by Crippen LogP contribution is -2.37. The molecule has 0 spiro atoms. The Hall–Kier alpha value is -0.630. The maximum absolute atomic E-state index is 8.85. The van der Waals surface area contributed by atoms with E-state index in [0.29, 0.717) is 32.7 Å². The maximum atomic E-state index is 8.85. The summed E-state index contributed by atoms with van der Waals surface area (Å²) in [7, 11) is 0. The molecule has 4 heteroatoms. The Morgan fingerprint density at radius 1 is 1.12 bits per heavy atom. The molecule has 0 aliphatic heterocycles. The van der Waals surface area contributed by atoms with Crippen molar-refractivity contribution in [3.05, 3.63) is 0 Å². The highest BCUT2D eigenvalue weighted by atomic mass is 16.5.